The molecule has 0 saturated carbocycles. The Morgan fingerprint density at radius 3 is 2.69 bits per heavy atom. The molecule has 1 unspecified atom stereocenters. The molecule has 4 nitrogen and oxygen atoms in total. The Labute approximate surface area is 98.3 Å². The van der Waals surface area contributed by atoms with Gasteiger partial charge in [0.15, 0.2) is 0 Å². The predicted molar refractivity (Wildman–Crippen MR) is 67.3 cm³/mol. The van der Waals surface area contributed by atoms with Crippen LogP contribution < -0.4 is 11.1 Å². The van der Waals surface area contributed by atoms with E-state index in [-0.39, 0.29) is 17.3 Å². The van der Waals surface area contributed by atoms with Gasteiger partial charge in [0, 0.05) is 5.41 Å². The van der Waals surface area contributed by atoms with Crippen LogP contribution in [0.3, 0.4) is 0 Å². The number of nitrogens with zero attached hydrogens (tertiary/aromatic N) is 1. The van der Waals surface area contributed by atoms with Crippen LogP contribution in [0.5, 0.6) is 0 Å². The minimum atomic E-state index is -0.270. The van der Waals surface area contributed by atoms with Crippen molar-refractivity contribution < 1.29 is 5.21 Å². The van der Waals surface area contributed by atoms with Gasteiger partial charge < -0.3 is 16.3 Å². The van der Waals surface area contributed by atoms with Crippen molar-refractivity contribution in [1.29, 1.82) is 0 Å². The highest BCUT2D eigenvalue weighted by Crippen LogP contribution is 2.21. The van der Waals surface area contributed by atoms with Crippen molar-refractivity contribution in [3.63, 3.8) is 0 Å². The van der Waals surface area contributed by atoms with Gasteiger partial charge >= 0.3 is 0 Å². The minimum Gasteiger partial charge on any atom is -0.409 e. The van der Waals surface area contributed by atoms with Crippen LogP contribution in [-0.2, 0) is 0 Å². The first-order valence-electron chi connectivity index (χ1n) is 5.65. The Kier molecular flexibility index (Phi) is 6.59. The number of amidine groups is 1. The third-order valence-electron chi connectivity index (χ3n) is 2.78. The Balaban J connectivity index is 3.87. The van der Waals surface area contributed by atoms with Gasteiger partial charge in [0.25, 0.3) is 0 Å². The van der Waals surface area contributed by atoms with Crippen molar-refractivity contribution in [3.8, 4) is 12.3 Å². The summed E-state index contributed by atoms with van der Waals surface area (Å²) < 4.78 is 0. The highest BCUT2D eigenvalue weighted by atomic mass is 16.4. The zero-order valence-corrected chi connectivity index (χ0v) is 10.5. The molecule has 4 heteroatoms. The summed E-state index contributed by atoms with van der Waals surface area (Å²) >= 11 is 0. The van der Waals surface area contributed by atoms with E-state index in [0.717, 1.165) is 25.8 Å². The average molecular weight is 225 g/mol. The molecular formula is C12H23N3O. The second-order valence-electron chi connectivity index (χ2n) is 4.55. The molecule has 1 atom stereocenters. The van der Waals surface area contributed by atoms with E-state index in [0.29, 0.717) is 0 Å². The van der Waals surface area contributed by atoms with Crippen LogP contribution in [0.25, 0.3) is 0 Å². The topological polar surface area (TPSA) is 70.6 Å². The fourth-order valence-corrected chi connectivity index (χ4v) is 1.39. The van der Waals surface area contributed by atoms with Gasteiger partial charge in [0.1, 0.15) is 5.84 Å². The maximum Gasteiger partial charge on any atom is 0.144 e. The summed E-state index contributed by atoms with van der Waals surface area (Å²) in [6, 6.07) is 0.145. The molecule has 0 aliphatic rings. The standard InChI is InChI=1S/C12H23N3O/c1-5-10(6-2)14-9-7-8-12(3,4)11(13)15-16/h1,10,14,16H,6-9H2,2-4H3,(H2,13,15). The van der Waals surface area contributed by atoms with Gasteiger partial charge in [-0.05, 0) is 25.8 Å². The minimum absolute atomic E-state index is 0.145. The smallest absolute Gasteiger partial charge is 0.144 e. The fraction of sp³-hybridized carbons (Fsp3) is 0.750. The Morgan fingerprint density at radius 2 is 2.25 bits per heavy atom. The van der Waals surface area contributed by atoms with E-state index in [4.69, 9.17) is 17.4 Å². The maximum absolute atomic E-state index is 8.61. The van der Waals surface area contributed by atoms with Crippen LogP contribution >= 0.6 is 0 Å². The van der Waals surface area contributed by atoms with E-state index in [1.807, 2.05) is 13.8 Å². The maximum atomic E-state index is 8.61. The predicted octanol–water partition coefficient (Wildman–Crippen LogP) is 1.54. The second-order valence-corrected chi connectivity index (χ2v) is 4.55. The van der Waals surface area contributed by atoms with Crippen molar-refractivity contribution in [2.75, 3.05) is 6.54 Å². The van der Waals surface area contributed by atoms with Crippen LogP contribution in [0.15, 0.2) is 5.16 Å². The highest BCUT2D eigenvalue weighted by Gasteiger charge is 2.22. The summed E-state index contributed by atoms with van der Waals surface area (Å²) in [4.78, 5) is 0. The average Bonchev–Trinajstić information content (AvgIpc) is 2.28. The molecule has 0 spiro atoms. The molecule has 4 N–H and O–H groups in total. The van der Waals surface area contributed by atoms with Gasteiger partial charge in [0.05, 0.1) is 6.04 Å². The van der Waals surface area contributed by atoms with Crippen molar-refractivity contribution in [2.45, 2.75) is 46.1 Å². The highest BCUT2D eigenvalue weighted by molar-refractivity contribution is 5.85. The molecule has 0 aromatic rings. The van der Waals surface area contributed by atoms with E-state index >= 15 is 0 Å². The number of nitrogens with one attached hydrogen (secondary N) is 1. The van der Waals surface area contributed by atoms with Gasteiger partial charge in [-0.2, -0.15) is 0 Å². The quantitative estimate of drug-likeness (QED) is 0.154. The first-order chi connectivity index (χ1) is 7.47. The van der Waals surface area contributed by atoms with Crippen LogP contribution in [0.1, 0.15) is 40.0 Å². The molecular weight excluding hydrogens is 202 g/mol. The first-order valence-corrected chi connectivity index (χ1v) is 5.65. The third-order valence-corrected chi connectivity index (χ3v) is 2.78. The summed E-state index contributed by atoms with van der Waals surface area (Å²) in [6.45, 7) is 6.82. The van der Waals surface area contributed by atoms with E-state index in [1.54, 1.807) is 0 Å². The monoisotopic (exact) mass is 225 g/mol. The molecule has 0 amide bonds. The van der Waals surface area contributed by atoms with E-state index in [9.17, 15) is 0 Å². The van der Waals surface area contributed by atoms with Crippen molar-refractivity contribution in [2.24, 2.45) is 16.3 Å². The molecule has 0 aromatic carbocycles. The van der Waals surface area contributed by atoms with Crippen molar-refractivity contribution in [1.82, 2.24) is 5.32 Å². The summed E-state index contributed by atoms with van der Waals surface area (Å²) in [5, 5.41) is 14.9. The summed E-state index contributed by atoms with van der Waals surface area (Å²) in [5.74, 6) is 2.96. The second kappa shape index (κ2) is 7.13. The number of oxime groups is 1. The molecule has 0 heterocycles. The van der Waals surface area contributed by atoms with Crippen LogP contribution in [0.2, 0.25) is 0 Å². The summed E-state index contributed by atoms with van der Waals surface area (Å²) in [5.41, 5.74) is 5.32. The molecule has 92 valence electrons. The molecule has 0 fully saturated rings. The lowest BCUT2D eigenvalue weighted by Crippen LogP contribution is -2.33. The third kappa shape index (κ3) is 5.04. The Bertz CT molecular complexity index is 266. The van der Waals surface area contributed by atoms with E-state index < -0.39 is 0 Å². The lowest BCUT2D eigenvalue weighted by atomic mass is 9.86. The van der Waals surface area contributed by atoms with Crippen molar-refractivity contribution in [3.05, 3.63) is 0 Å². The normalized spacial score (nSPS) is 14.5. The summed E-state index contributed by atoms with van der Waals surface area (Å²) in [6.07, 6.45) is 8.07. The zero-order chi connectivity index (χ0) is 12.6. The van der Waals surface area contributed by atoms with Gasteiger partial charge in [-0.1, -0.05) is 31.8 Å². The van der Waals surface area contributed by atoms with Crippen LogP contribution in [0.4, 0.5) is 0 Å². The fourth-order valence-electron chi connectivity index (χ4n) is 1.39. The molecule has 0 saturated heterocycles. The number of hydrogen-bond acceptors (Lipinski definition) is 3. The number of rotatable bonds is 7. The number of nitrogens with two attached hydrogens (primary N) is 1. The van der Waals surface area contributed by atoms with E-state index in [1.165, 1.54) is 0 Å². The number of hydrogen-bond donors (Lipinski definition) is 3. The molecule has 0 aliphatic carbocycles. The lowest BCUT2D eigenvalue weighted by Gasteiger charge is -2.23. The van der Waals surface area contributed by atoms with Gasteiger partial charge in [-0.25, -0.2) is 0 Å². The molecule has 0 rings (SSSR count). The van der Waals surface area contributed by atoms with Gasteiger partial charge in [0.2, 0.25) is 0 Å². The van der Waals surface area contributed by atoms with Crippen LogP contribution in [-0.4, -0.2) is 23.6 Å². The molecule has 0 aromatic heterocycles. The Morgan fingerprint density at radius 1 is 1.62 bits per heavy atom. The Hall–Kier alpha value is -1.21. The van der Waals surface area contributed by atoms with E-state index in [2.05, 4.69) is 23.3 Å². The van der Waals surface area contributed by atoms with Gasteiger partial charge in [-0.3, -0.25) is 0 Å². The first kappa shape index (κ1) is 14.8. The number of terminal acetylenes is 1. The molecule has 0 radical (unpaired) electrons. The van der Waals surface area contributed by atoms with Crippen molar-refractivity contribution >= 4 is 5.84 Å². The molecule has 0 bridgehead atoms. The van der Waals surface area contributed by atoms with Crippen LogP contribution in [0, 0.1) is 17.8 Å². The lowest BCUT2D eigenvalue weighted by molar-refractivity contribution is 0.304. The molecule has 0 aliphatic heterocycles. The largest absolute Gasteiger partial charge is 0.409 e. The SMILES string of the molecule is C#CC(CC)NCCCC(C)(C)C(N)=NO. The summed E-state index contributed by atoms with van der Waals surface area (Å²) in [7, 11) is 0. The molecule has 16 heavy (non-hydrogen) atoms. The zero-order valence-electron chi connectivity index (χ0n) is 10.5. The van der Waals surface area contributed by atoms with Gasteiger partial charge in [-0.15, -0.1) is 6.42 Å².